The Labute approximate surface area is 130 Å². The first-order valence-corrected chi connectivity index (χ1v) is 8.38. The average Bonchev–Trinajstić information content (AvgIpc) is 2.44. The lowest BCUT2D eigenvalue weighted by Gasteiger charge is -2.31. The normalized spacial score (nSPS) is 18.8. The van der Waals surface area contributed by atoms with E-state index >= 15 is 0 Å². The van der Waals surface area contributed by atoms with Crippen LogP contribution >= 0.6 is 0 Å². The van der Waals surface area contributed by atoms with Gasteiger partial charge in [0.05, 0.1) is 12.7 Å². The molecule has 2 rings (SSSR count). The van der Waals surface area contributed by atoms with Gasteiger partial charge in [-0.3, -0.25) is 0 Å². The van der Waals surface area contributed by atoms with E-state index < -0.39 is 0 Å². The molecule has 0 amide bonds. The molecule has 0 bridgehead atoms. The molecule has 0 aromatic heterocycles. The second kappa shape index (κ2) is 7.42. The largest absolute Gasteiger partial charge is 0.373 e. The van der Waals surface area contributed by atoms with E-state index in [-0.39, 0.29) is 5.41 Å². The highest BCUT2D eigenvalue weighted by atomic mass is 16.5. The third kappa shape index (κ3) is 5.12. The van der Waals surface area contributed by atoms with Crippen LogP contribution in [-0.4, -0.2) is 19.7 Å². The Hall–Kier alpha value is -0.860. The van der Waals surface area contributed by atoms with E-state index in [1.54, 1.807) is 0 Å². The van der Waals surface area contributed by atoms with Crippen molar-refractivity contribution in [2.24, 2.45) is 11.3 Å². The van der Waals surface area contributed by atoms with Crippen LogP contribution in [0.2, 0.25) is 0 Å². The van der Waals surface area contributed by atoms with E-state index in [0.717, 1.165) is 26.1 Å². The summed E-state index contributed by atoms with van der Waals surface area (Å²) in [7, 11) is 0. The molecule has 0 heterocycles. The molecule has 1 unspecified atom stereocenters. The summed E-state index contributed by atoms with van der Waals surface area (Å²) in [6.45, 7) is 12.0. The zero-order valence-electron chi connectivity index (χ0n) is 14.1. The molecule has 0 saturated heterocycles. The van der Waals surface area contributed by atoms with Gasteiger partial charge in [-0.05, 0) is 42.9 Å². The first kappa shape index (κ1) is 16.5. The molecule has 2 heteroatoms. The summed E-state index contributed by atoms with van der Waals surface area (Å²) in [5.41, 5.74) is 3.07. The van der Waals surface area contributed by atoms with Crippen molar-refractivity contribution in [1.82, 2.24) is 5.32 Å². The zero-order chi connectivity index (χ0) is 15.3. The van der Waals surface area contributed by atoms with Crippen LogP contribution < -0.4 is 5.32 Å². The maximum atomic E-state index is 6.29. The molecular weight excluding hydrogens is 258 g/mol. The Kier molecular flexibility index (Phi) is 5.83. The predicted molar refractivity (Wildman–Crippen MR) is 89.6 cm³/mol. The van der Waals surface area contributed by atoms with E-state index in [2.05, 4.69) is 57.3 Å². The van der Waals surface area contributed by atoms with E-state index in [0.29, 0.717) is 12.0 Å². The number of nitrogens with one attached hydrogen (secondary N) is 1. The Morgan fingerprint density at radius 1 is 1.29 bits per heavy atom. The summed E-state index contributed by atoms with van der Waals surface area (Å²) in [5.74, 6) is 0.701. The molecule has 0 radical (unpaired) electrons. The van der Waals surface area contributed by atoms with Gasteiger partial charge >= 0.3 is 0 Å². The predicted octanol–water partition coefficient (Wildman–Crippen LogP) is 4.35. The van der Waals surface area contributed by atoms with Crippen LogP contribution in [0.15, 0.2) is 24.3 Å². The van der Waals surface area contributed by atoms with Crippen molar-refractivity contribution < 1.29 is 4.74 Å². The van der Waals surface area contributed by atoms with Gasteiger partial charge in [0, 0.05) is 12.0 Å². The second-order valence-electron chi connectivity index (χ2n) is 7.58. The van der Waals surface area contributed by atoms with Crippen molar-refractivity contribution in [3.05, 3.63) is 35.4 Å². The Bertz CT molecular complexity index is 439. The zero-order valence-corrected chi connectivity index (χ0v) is 14.1. The standard InChI is InChI=1S/C19H31NO/c1-15(2)12-20-13-19(3,4)14-21-18-11-7-9-16-8-5-6-10-17(16)18/h5-6,8,10,15,18,20H,7,9,11-14H2,1-4H3. The van der Waals surface area contributed by atoms with E-state index in [1.807, 2.05) is 0 Å². The minimum Gasteiger partial charge on any atom is -0.373 e. The van der Waals surface area contributed by atoms with Gasteiger partial charge in [-0.25, -0.2) is 0 Å². The fraction of sp³-hybridized carbons (Fsp3) is 0.684. The van der Waals surface area contributed by atoms with E-state index in [1.165, 1.54) is 24.0 Å². The number of aryl methyl sites for hydroxylation is 1. The molecule has 0 spiro atoms. The lowest BCUT2D eigenvalue weighted by molar-refractivity contribution is -0.00677. The van der Waals surface area contributed by atoms with Crippen molar-refractivity contribution in [1.29, 1.82) is 0 Å². The SMILES string of the molecule is CC(C)CNCC(C)(C)COC1CCCc2ccccc21. The van der Waals surface area contributed by atoms with Crippen molar-refractivity contribution in [2.75, 3.05) is 19.7 Å². The molecule has 21 heavy (non-hydrogen) atoms. The van der Waals surface area contributed by atoms with Crippen LogP contribution in [0.3, 0.4) is 0 Å². The van der Waals surface area contributed by atoms with Crippen LogP contribution in [0.25, 0.3) is 0 Å². The highest BCUT2D eigenvalue weighted by Crippen LogP contribution is 2.33. The van der Waals surface area contributed by atoms with Gasteiger partial charge in [-0.1, -0.05) is 52.0 Å². The molecule has 1 aliphatic carbocycles. The van der Waals surface area contributed by atoms with Crippen molar-refractivity contribution >= 4 is 0 Å². The van der Waals surface area contributed by atoms with Crippen LogP contribution in [-0.2, 0) is 11.2 Å². The van der Waals surface area contributed by atoms with Crippen molar-refractivity contribution in [3.8, 4) is 0 Å². The van der Waals surface area contributed by atoms with Gasteiger partial charge in [-0.15, -0.1) is 0 Å². The molecule has 1 atom stereocenters. The van der Waals surface area contributed by atoms with Gasteiger partial charge < -0.3 is 10.1 Å². The molecule has 2 nitrogen and oxygen atoms in total. The third-order valence-corrected chi connectivity index (χ3v) is 4.15. The van der Waals surface area contributed by atoms with Gasteiger partial charge in [0.1, 0.15) is 0 Å². The first-order valence-electron chi connectivity index (χ1n) is 8.38. The summed E-state index contributed by atoms with van der Waals surface area (Å²) in [5, 5.41) is 3.55. The van der Waals surface area contributed by atoms with Crippen LogP contribution in [0.5, 0.6) is 0 Å². The fourth-order valence-electron chi connectivity index (χ4n) is 2.96. The van der Waals surface area contributed by atoms with Crippen LogP contribution in [0.4, 0.5) is 0 Å². The maximum absolute atomic E-state index is 6.29. The van der Waals surface area contributed by atoms with Gasteiger partial charge in [-0.2, -0.15) is 0 Å². The minimum atomic E-state index is 0.182. The van der Waals surface area contributed by atoms with Crippen LogP contribution in [0, 0.1) is 11.3 Å². The number of hydrogen-bond acceptors (Lipinski definition) is 2. The number of rotatable bonds is 7. The molecule has 118 valence electrons. The molecule has 1 aromatic rings. The first-order chi connectivity index (χ1) is 9.98. The smallest absolute Gasteiger partial charge is 0.0828 e. The quantitative estimate of drug-likeness (QED) is 0.805. The second-order valence-corrected chi connectivity index (χ2v) is 7.58. The van der Waals surface area contributed by atoms with E-state index in [4.69, 9.17) is 4.74 Å². The Morgan fingerprint density at radius 2 is 2.05 bits per heavy atom. The number of ether oxygens (including phenoxy) is 1. The summed E-state index contributed by atoms with van der Waals surface area (Å²) < 4.78 is 6.29. The summed E-state index contributed by atoms with van der Waals surface area (Å²) >= 11 is 0. The van der Waals surface area contributed by atoms with Crippen molar-refractivity contribution in [3.63, 3.8) is 0 Å². The van der Waals surface area contributed by atoms with Crippen LogP contribution in [0.1, 0.15) is 57.8 Å². The van der Waals surface area contributed by atoms with Crippen molar-refractivity contribution in [2.45, 2.75) is 53.1 Å². The molecule has 0 fully saturated rings. The Balaban J connectivity index is 1.85. The maximum Gasteiger partial charge on any atom is 0.0828 e. The van der Waals surface area contributed by atoms with Gasteiger partial charge in [0.2, 0.25) is 0 Å². The lowest BCUT2D eigenvalue weighted by Crippen LogP contribution is -2.35. The summed E-state index contributed by atoms with van der Waals surface area (Å²) in [4.78, 5) is 0. The minimum absolute atomic E-state index is 0.182. The topological polar surface area (TPSA) is 21.3 Å². The highest BCUT2D eigenvalue weighted by molar-refractivity contribution is 5.31. The summed E-state index contributed by atoms with van der Waals surface area (Å²) in [6.07, 6.45) is 3.90. The molecule has 1 aliphatic rings. The van der Waals surface area contributed by atoms with E-state index in [9.17, 15) is 0 Å². The molecule has 1 N–H and O–H groups in total. The number of hydrogen-bond donors (Lipinski definition) is 1. The molecule has 0 saturated carbocycles. The number of benzene rings is 1. The third-order valence-electron chi connectivity index (χ3n) is 4.15. The summed E-state index contributed by atoms with van der Waals surface area (Å²) in [6, 6.07) is 8.76. The van der Waals surface area contributed by atoms with Gasteiger partial charge in [0.25, 0.3) is 0 Å². The molecule has 0 aliphatic heterocycles. The monoisotopic (exact) mass is 289 g/mol. The fourth-order valence-corrected chi connectivity index (χ4v) is 2.96. The molecule has 1 aromatic carbocycles. The molecular formula is C19H31NO. The van der Waals surface area contributed by atoms with Gasteiger partial charge in [0.15, 0.2) is 0 Å². The lowest BCUT2D eigenvalue weighted by atomic mass is 9.89. The Morgan fingerprint density at radius 3 is 2.81 bits per heavy atom. The highest BCUT2D eigenvalue weighted by Gasteiger charge is 2.24. The average molecular weight is 289 g/mol. The number of fused-ring (bicyclic) bond motifs is 1.